The van der Waals surface area contributed by atoms with Gasteiger partial charge in [-0.05, 0) is 51.6 Å². The van der Waals surface area contributed by atoms with Crippen LogP contribution < -0.4 is 5.32 Å². The molecule has 5 nitrogen and oxygen atoms in total. The van der Waals surface area contributed by atoms with Crippen molar-refractivity contribution in [1.29, 1.82) is 0 Å². The molecule has 6 heteroatoms. The molecule has 136 valence electrons. The van der Waals surface area contributed by atoms with E-state index in [-0.39, 0.29) is 11.6 Å². The van der Waals surface area contributed by atoms with Crippen LogP contribution in [-0.4, -0.2) is 61.3 Å². The number of amides is 2. The minimum Gasteiger partial charge on any atom is -0.369 e. The molecule has 3 aliphatic heterocycles. The first-order valence-corrected chi connectivity index (χ1v) is 9.40. The van der Waals surface area contributed by atoms with Gasteiger partial charge in [-0.2, -0.15) is 0 Å². The highest BCUT2D eigenvalue weighted by Gasteiger charge is 2.63. The van der Waals surface area contributed by atoms with E-state index in [1.165, 1.54) is 0 Å². The topological polar surface area (TPSA) is 44.8 Å². The smallest absolute Gasteiger partial charge is 0.321 e. The molecule has 1 aromatic rings. The summed E-state index contributed by atoms with van der Waals surface area (Å²) in [4.78, 5) is 16.9. The predicted octanol–water partition coefficient (Wildman–Crippen LogP) is 3.22. The number of urea groups is 1. The standard InChI is InChI=1S/C19H26ClN3O2/c1-12-4-5-13(8-16(12)20)21-18(24)23-10-15-14(9-22(2)3)17-6-7-19(15,11-23)25-17/h4-5,8,14-15,17H,6-7,9-11H2,1-3H3,(H,21,24)/t14-,15+,17+,19+/m0/s1. The second-order valence-corrected chi connectivity index (χ2v) is 8.47. The van der Waals surface area contributed by atoms with Crippen molar-refractivity contribution in [3.8, 4) is 0 Å². The fourth-order valence-corrected chi connectivity index (χ4v) is 5.06. The second-order valence-electron chi connectivity index (χ2n) is 8.07. The summed E-state index contributed by atoms with van der Waals surface area (Å²) in [5, 5.41) is 3.66. The molecule has 2 amide bonds. The first kappa shape index (κ1) is 17.1. The van der Waals surface area contributed by atoms with E-state index in [9.17, 15) is 4.79 Å². The fraction of sp³-hybridized carbons (Fsp3) is 0.632. The Morgan fingerprint density at radius 2 is 2.28 bits per heavy atom. The summed E-state index contributed by atoms with van der Waals surface area (Å²) in [6, 6.07) is 5.57. The molecular formula is C19H26ClN3O2. The third-order valence-electron chi connectivity index (χ3n) is 6.07. The molecule has 25 heavy (non-hydrogen) atoms. The van der Waals surface area contributed by atoms with Gasteiger partial charge in [-0.25, -0.2) is 4.79 Å². The van der Waals surface area contributed by atoms with Crippen LogP contribution in [0.15, 0.2) is 18.2 Å². The molecule has 0 unspecified atom stereocenters. The van der Waals surface area contributed by atoms with E-state index in [4.69, 9.17) is 16.3 Å². The molecule has 3 saturated heterocycles. The van der Waals surface area contributed by atoms with E-state index in [2.05, 4.69) is 24.3 Å². The van der Waals surface area contributed by atoms with E-state index in [0.717, 1.165) is 37.2 Å². The summed E-state index contributed by atoms with van der Waals surface area (Å²) in [6.07, 6.45) is 2.57. The number of benzene rings is 1. The molecule has 4 rings (SSSR count). The highest BCUT2D eigenvalue weighted by Crippen LogP contribution is 2.54. The van der Waals surface area contributed by atoms with Gasteiger partial charge < -0.3 is 19.9 Å². The van der Waals surface area contributed by atoms with E-state index < -0.39 is 0 Å². The minimum absolute atomic E-state index is 0.0562. The maximum atomic E-state index is 12.7. The van der Waals surface area contributed by atoms with Crippen molar-refractivity contribution in [2.75, 3.05) is 39.0 Å². The van der Waals surface area contributed by atoms with Crippen molar-refractivity contribution in [3.63, 3.8) is 0 Å². The lowest BCUT2D eigenvalue weighted by Gasteiger charge is -2.30. The quantitative estimate of drug-likeness (QED) is 0.896. The molecule has 0 saturated carbocycles. The zero-order valence-electron chi connectivity index (χ0n) is 15.1. The number of fused-ring (bicyclic) bond motifs is 1. The Balaban J connectivity index is 1.46. The number of ether oxygens (including phenoxy) is 1. The maximum absolute atomic E-state index is 12.7. The van der Waals surface area contributed by atoms with Crippen LogP contribution in [0.2, 0.25) is 5.02 Å². The maximum Gasteiger partial charge on any atom is 0.321 e. The van der Waals surface area contributed by atoms with Gasteiger partial charge in [-0.3, -0.25) is 0 Å². The molecule has 4 atom stereocenters. The van der Waals surface area contributed by atoms with Crippen molar-refractivity contribution < 1.29 is 9.53 Å². The van der Waals surface area contributed by atoms with Crippen LogP contribution in [0.4, 0.5) is 10.5 Å². The van der Waals surface area contributed by atoms with Gasteiger partial charge in [0, 0.05) is 35.6 Å². The number of hydrogen-bond donors (Lipinski definition) is 1. The summed E-state index contributed by atoms with van der Waals surface area (Å²) in [5.41, 5.74) is 1.63. The van der Waals surface area contributed by atoms with Gasteiger partial charge in [0.05, 0.1) is 18.2 Å². The average molecular weight is 364 g/mol. The van der Waals surface area contributed by atoms with Crippen LogP contribution in [0.1, 0.15) is 18.4 Å². The zero-order valence-corrected chi connectivity index (χ0v) is 15.8. The number of carbonyl (C=O) groups excluding carboxylic acids is 1. The first-order chi connectivity index (χ1) is 11.9. The van der Waals surface area contributed by atoms with Crippen LogP contribution in [0.5, 0.6) is 0 Å². The Labute approximate surface area is 154 Å². The molecule has 0 aliphatic carbocycles. The number of halogens is 1. The number of rotatable bonds is 3. The number of anilines is 1. The van der Waals surface area contributed by atoms with Gasteiger partial charge in [0.2, 0.25) is 0 Å². The van der Waals surface area contributed by atoms with E-state index >= 15 is 0 Å². The van der Waals surface area contributed by atoms with Crippen LogP contribution >= 0.6 is 11.6 Å². The Hall–Kier alpha value is -1.30. The van der Waals surface area contributed by atoms with Gasteiger partial charge in [0.15, 0.2) is 0 Å². The summed E-state index contributed by atoms with van der Waals surface area (Å²) < 4.78 is 6.39. The highest BCUT2D eigenvalue weighted by molar-refractivity contribution is 6.31. The SMILES string of the molecule is Cc1ccc(NC(=O)N2C[C@@H]3[C@H](CN(C)C)[C@H]4CC[C@]3(C2)O4)cc1Cl. The van der Waals surface area contributed by atoms with Gasteiger partial charge in [0.1, 0.15) is 0 Å². The van der Waals surface area contributed by atoms with Crippen LogP contribution in [-0.2, 0) is 4.74 Å². The number of aryl methyl sites for hydroxylation is 1. The molecule has 1 aromatic carbocycles. The van der Waals surface area contributed by atoms with Gasteiger partial charge in [-0.15, -0.1) is 0 Å². The predicted molar refractivity (Wildman–Crippen MR) is 99.2 cm³/mol. The van der Waals surface area contributed by atoms with Gasteiger partial charge >= 0.3 is 6.03 Å². The van der Waals surface area contributed by atoms with Crippen molar-refractivity contribution in [1.82, 2.24) is 9.80 Å². The third-order valence-corrected chi connectivity index (χ3v) is 6.48. The van der Waals surface area contributed by atoms with Crippen molar-refractivity contribution in [3.05, 3.63) is 28.8 Å². The molecule has 3 heterocycles. The molecular weight excluding hydrogens is 338 g/mol. The first-order valence-electron chi connectivity index (χ1n) is 9.02. The summed E-state index contributed by atoms with van der Waals surface area (Å²) in [5.74, 6) is 0.969. The second kappa shape index (κ2) is 6.15. The number of hydrogen-bond acceptors (Lipinski definition) is 3. The Morgan fingerprint density at radius 1 is 1.48 bits per heavy atom. The Morgan fingerprint density at radius 3 is 3.00 bits per heavy atom. The Kier molecular flexibility index (Phi) is 4.21. The number of likely N-dealkylation sites (tertiary alicyclic amines) is 1. The average Bonchev–Trinajstić information content (AvgIpc) is 3.20. The number of carbonyl (C=O) groups is 1. The molecule has 1 N–H and O–H groups in total. The number of nitrogens with zero attached hydrogens (tertiary/aromatic N) is 2. The van der Waals surface area contributed by atoms with Crippen LogP contribution in [0, 0.1) is 18.8 Å². The van der Waals surface area contributed by atoms with E-state index in [1.54, 1.807) is 6.07 Å². The van der Waals surface area contributed by atoms with E-state index in [0.29, 0.717) is 29.5 Å². The van der Waals surface area contributed by atoms with Crippen molar-refractivity contribution in [2.45, 2.75) is 31.5 Å². The third kappa shape index (κ3) is 2.92. The molecule has 3 fully saturated rings. The lowest BCUT2D eigenvalue weighted by Crippen LogP contribution is -2.40. The zero-order chi connectivity index (χ0) is 17.8. The van der Waals surface area contributed by atoms with E-state index in [1.807, 2.05) is 24.0 Å². The normalized spacial score (nSPS) is 33.2. The molecule has 0 aromatic heterocycles. The minimum atomic E-state index is -0.117. The van der Waals surface area contributed by atoms with Gasteiger partial charge in [-0.1, -0.05) is 17.7 Å². The summed E-state index contributed by atoms with van der Waals surface area (Å²) >= 11 is 6.16. The Bertz CT molecular complexity index is 695. The van der Waals surface area contributed by atoms with Crippen LogP contribution in [0.3, 0.4) is 0 Å². The fourth-order valence-electron chi connectivity index (χ4n) is 4.88. The van der Waals surface area contributed by atoms with Crippen molar-refractivity contribution in [2.24, 2.45) is 11.8 Å². The molecule has 1 spiro atoms. The largest absolute Gasteiger partial charge is 0.369 e. The molecule has 0 radical (unpaired) electrons. The molecule has 3 aliphatic rings. The monoisotopic (exact) mass is 363 g/mol. The molecule has 2 bridgehead atoms. The summed E-state index contributed by atoms with van der Waals surface area (Å²) in [7, 11) is 4.22. The summed E-state index contributed by atoms with van der Waals surface area (Å²) in [6.45, 7) is 4.46. The van der Waals surface area contributed by atoms with Crippen molar-refractivity contribution >= 4 is 23.3 Å². The lowest BCUT2D eigenvalue weighted by atomic mass is 9.73. The lowest BCUT2D eigenvalue weighted by molar-refractivity contribution is 0.00534. The highest BCUT2D eigenvalue weighted by atomic mass is 35.5. The number of nitrogens with one attached hydrogen (secondary N) is 1. The van der Waals surface area contributed by atoms with Crippen LogP contribution in [0.25, 0.3) is 0 Å². The van der Waals surface area contributed by atoms with Gasteiger partial charge in [0.25, 0.3) is 0 Å².